The molecular formula is C14H16N4O2S. The highest BCUT2D eigenvalue weighted by atomic mass is 32.2. The summed E-state index contributed by atoms with van der Waals surface area (Å²) in [5, 5.41) is 11.7. The summed E-state index contributed by atoms with van der Waals surface area (Å²) in [6, 6.07) is 9.27. The van der Waals surface area contributed by atoms with E-state index in [9.17, 15) is 4.79 Å². The number of nitrogens with zero attached hydrogens (tertiary/aromatic N) is 3. The van der Waals surface area contributed by atoms with E-state index in [2.05, 4.69) is 15.5 Å². The van der Waals surface area contributed by atoms with Gasteiger partial charge in [0.2, 0.25) is 5.95 Å². The zero-order valence-corrected chi connectivity index (χ0v) is 12.5. The van der Waals surface area contributed by atoms with Crippen molar-refractivity contribution in [1.82, 2.24) is 14.8 Å². The highest BCUT2D eigenvalue weighted by molar-refractivity contribution is 7.99. The van der Waals surface area contributed by atoms with E-state index in [4.69, 9.17) is 4.74 Å². The smallest absolute Gasteiger partial charge is 0.267 e. The van der Waals surface area contributed by atoms with Crippen molar-refractivity contribution >= 4 is 23.6 Å². The molecule has 1 aromatic carbocycles. The molecule has 3 rings (SSSR count). The van der Waals surface area contributed by atoms with Crippen LogP contribution in [0.25, 0.3) is 0 Å². The molecule has 0 spiro atoms. The van der Waals surface area contributed by atoms with Crippen molar-refractivity contribution in [1.29, 1.82) is 0 Å². The molecular weight excluding hydrogens is 288 g/mol. The molecule has 1 N–H and O–H groups in total. The lowest BCUT2D eigenvalue weighted by Gasteiger charge is -2.16. The van der Waals surface area contributed by atoms with Gasteiger partial charge in [-0.1, -0.05) is 30.0 Å². The Bertz CT molecular complexity index is 629. The monoisotopic (exact) mass is 304 g/mol. The minimum atomic E-state index is -0.600. The third kappa shape index (κ3) is 3.18. The average molecular weight is 304 g/mol. The summed E-state index contributed by atoms with van der Waals surface area (Å²) in [4.78, 5) is 12.2. The summed E-state index contributed by atoms with van der Waals surface area (Å²) in [5.41, 5.74) is 0. The van der Waals surface area contributed by atoms with Crippen LogP contribution in [0.15, 0.2) is 35.5 Å². The Kier molecular flexibility index (Phi) is 4.10. The van der Waals surface area contributed by atoms with Crippen molar-refractivity contribution in [3.8, 4) is 5.75 Å². The molecule has 1 amide bonds. The van der Waals surface area contributed by atoms with Crippen LogP contribution in [-0.4, -0.2) is 32.5 Å². The van der Waals surface area contributed by atoms with Crippen molar-refractivity contribution in [3.05, 3.63) is 30.3 Å². The van der Waals surface area contributed by atoms with Crippen molar-refractivity contribution in [2.24, 2.45) is 0 Å². The lowest BCUT2D eigenvalue weighted by molar-refractivity contribution is -0.122. The number of rotatable bonds is 4. The van der Waals surface area contributed by atoms with E-state index >= 15 is 0 Å². The average Bonchev–Trinajstić information content (AvgIpc) is 2.91. The third-order valence-corrected chi connectivity index (χ3v) is 4.19. The second-order valence-electron chi connectivity index (χ2n) is 4.72. The van der Waals surface area contributed by atoms with Crippen LogP contribution in [0.2, 0.25) is 0 Å². The molecule has 0 fully saturated rings. The number of amides is 1. The minimum Gasteiger partial charge on any atom is -0.481 e. The molecule has 110 valence electrons. The second-order valence-corrected chi connectivity index (χ2v) is 5.78. The fourth-order valence-electron chi connectivity index (χ4n) is 2.04. The van der Waals surface area contributed by atoms with E-state index in [1.54, 1.807) is 18.7 Å². The van der Waals surface area contributed by atoms with Gasteiger partial charge in [0.05, 0.1) is 0 Å². The van der Waals surface area contributed by atoms with E-state index in [1.165, 1.54) is 0 Å². The molecule has 7 heteroatoms. The van der Waals surface area contributed by atoms with Gasteiger partial charge in [0.1, 0.15) is 5.75 Å². The Morgan fingerprint density at radius 2 is 2.19 bits per heavy atom. The number of aromatic nitrogens is 3. The van der Waals surface area contributed by atoms with E-state index in [0.29, 0.717) is 11.7 Å². The predicted molar refractivity (Wildman–Crippen MR) is 80.5 cm³/mol. The Labute approximate surface area is 126 Å². The van der Waals surface area contributed by atoms with Crippen LogP contribution in [0.4, 0.5) is 5.95 Å². The minimum absolute atomic E-state index is 0.232. The first kappa shape index (κ1) is 13.9. The Morgan fingerprint density at radius 3 is 3.00 bits per heavy atom. The number of anilines is 1. The Balaban J connectivity index is 1.64. The van der Waals surface area contributed by atoms with E-state index in [0.717, 1.165) is 23.9 Å². The van der Waals surface area contributed by atoms with E-state index in [1.807, 2.05) is 34.9 Å². The molecule has 2 heterocycles. The number of fused-ring (bicyclic) bond motifs is 1. The summed E-state index contributed by atoms with van der Waals surface area (Å²) in [7, 11) is 0. The SMILES string of the molecule is CC(Oc1ccccc1)C(=O)Nc1nnc2n1CCCS2. The molecule has 1 atom stereocenters. The molecule has 1 aromatic heterocycles. The molecule has 1 unspecified atom stereocenters. The van der Waals surface area contributed by atoms with Gasteiger partial charge in [-0.05, 0) is 25.5 Å². The van der Waals surface area contributed by atoms with Crippen LogP contribution in [0.3, 0.4) is 0 Å². The normalized spacial score (nSPS) is 15.1. The number of carbonyl (C=O) groups excluding carboxylic acids is 1. The first-order chi connectivity index (χ1) is 10.2. The number of thioether (sulfide) groups is 1. The molecule has 2 aromatic rings. The molecule has 0 aliphatic carbocycles. The summed E-state index contributed by atoms with van der Waals surface area (Å²) in [5.74, 6) is 1.97. The van der Waals surface area contributed by atoms with Crippen LogP contribution in [0.5, 0.6) is 5.75 Å². The van der Waals surface area contributed by atoms with Gasteiger partial charge in [-0.3, -0.25) is 14.7 Å². The molecule has 1 aliphatic rings. The standard InChI is InChI=1S/C14H16N4O2S/c1-10(20-11-6-3-2-4-7-11)12(19)15-13-16-17-14-18(13)8-5-9-21-14/h2-4,6-7,10H,5,8-9H2,1H3,(H,15,16,19). The lowest BCUT2D eigenvalue weighted by atomic mass is 10.3. The van der Waals surface area contributed by atoms with Crippen molar-refractivity contribution in [2.45, 2.75) is 31.1 Å². The Morgan fingerprint density at radius 1 is 1.38 bits per heavy atom. The van der Waals surface area contributed by atoms with Gasteiger partial charge in [0.15, 0.2) is 11.3 Å². The van der Waals surface area contributed by atoms with Gasteiger partial charge in [0.25, 0.3) is 5.91 Å². The van der Waals surface area contributed by atoms with Crippen LogP contribution < -0.4 is 10.1 Å². The van der Waals surface area contributed by atoms with Crippen LogP contribution in [0.1, 0.15) is 13.3 Å². The van der Waals surface area contributed by atoms with Gasteiger partial charge < -0.3 is 4.74 Å². The van der Waals surface area contributed by atoms with Crippen LogP contribution in [-0.2, 0) is 11.3 Å². The quantitative estimate of drug-likeness (QED) is 0.937. The summed E-state index contributed by atoms with van der Waals surface area (Å²) >= 11 is 1.65. The molecule has 0 radical (unpaired) electrons. The fourth-order valence-corrected chi connectivity index (χ4v) is 2.93. The summed E-state index contributed by atoms with van der Waals surface area (Å²) < 4.78 is 7.53. The predicted octanol–water partition coefficient (Wildman–Crippen LogP) is 2.18. The fraction of sp³-hybridized carbons (Fsp3) is 0.357. The van der Waals surface area contributed by atoms with Crippen molar-refractivity contribution < 1.29 is 9.53 Å². The van der Waals surface area contributed by atoms with Gasteiger partial charge in [-0.25, -0.2) is 0 Å². The second kappa shape index (κ2) is 6.17. The van der Waals surface area contributed by atoms with Crippen LogP contribution in [0, 0.1) is 0 Å². The van der Waals surface area contributed by atoms with Gasteiger partial charge in [-0.15, -0.1) is 10.2 Å². The highest BCUT2D eigenvalue weighted by Gasteiger charge is 2.21. The lowest BCUT2D eigenvalue weighted by Crippen LogP contribution is -2.31. The van der Waals surface area contributed by atoms with Gasteiger partial charge >= 0.3 is 0 Å². The molecule has 0 bridgehead atoms. The van der Waals surface area contributed by atoms with E-state index < -0.39 is 6.10 Å². The first-order valence-corrected chi connectivity index (χ1v) is 7.81. The largest absolute Gasteiger partial charge is 0.481 e. The topological polar surface area (TPSA) is 69.0 Å². The van der Waals surface area contributed by atoms with Crippen molar-refractivity contribution in [3.63, 3.8) is 0 Å². The van der Waals surface area contributed by atoms with E-state index in [-0.39, 0.29) is 5.91 Å². The third-order valence-electron chi connectivity index (χ3n) is 3.13. The molecule has 1 aliphatic heterocycles. The summed E-state index contributed by atoms with van der Waals surface area (Å²) in [6.45, 7) is 2.55. The number of hydrogen-bond acceptors (Lipinski definition) is 5. The first-order valence-electron chi connectivity index (χ1n) is 6.82. The van der Waals surface area contributed by atoms with Crippen molar-refractivity contribution in [2.75, 3.05) is 11.1 Å². The Hall–Kier alpha value is -2.02. The number of hydrogen-bond donors (Lipinski definition) is 1. The van der Waals surface area contributed by atoms with Gasteiger partial charge in [0, 0.05) is 12.3 Å². The number of benzene rings is 1. The molecule has 0 saturated heterocycles. The molecule has 0 saturated carbocycles. The maximum Gasteiger partial charge on any atom is 0.267 e. The molecule has 21 heavy (non-hydrogen) atoms. The zero-order valence-electron chi connectivity index (χ0n) is 11.7. The number of carbonyl (C=O) groups is 1. The number of ether oxygens (including phenoxy) is 1. The maximum atomic E-state index is 12.2. The zero-order chi connectivity index (χ0) is 14.7. The maximum absolute atomic E-state index is 12.2. The summed E-state index contributed by atoms with van der Waals surface area (Å²) in [6.07, 6.45) is 0.450. The molecule has 6 nitrogen and oxygen atoms in total. The number of nitrogens with one attached hydrogen (secondary N) is 1. The number of para-hydroxylation sites is 1. The van der Waals surface area contributed by atoms with Gasteiger partial charge in [-0.2, -0.15) is 0 Å². The van der Waals surface area contributed by atoms with Crippen LogP contribution >= 0.6 is 11.8 Å². The highest BCUT2D eigenvalue weighted by Crippen LogP contribution is 2.25.